The molecule has 0 aliphatic carbocycles. The smallest absolute Gasteiger partial charge is 0.339 e. The summed E-state index contributed by atoms with van der Waals surface area (Å²) in [5.41, 5.74) is 0.998. The van der Waals surface area contributed by atoms with Crippen LogP contribution in [0.15, 0.2) is 18.5 Å². The van der Waals surface area contributed by atoms with Crippen LogP contribution in [0.2, 0.25) is 0 Å². The molecule has 0 atom stereocenters. The van der Waals surface area contributed by atoms with Crippen molar-refractivity contribution >= 4 is 11.7 Å². The van der Waals surface area contributed by atoms with Crippen LogP contribution in [-0.2, 0) is 0 Å². The van der Waals surface area contributed by atoms with E-state index in [1.807, 2.05) is 0 Å². The Morgan fingerprint density at radius 3 is 2.81 bits per heavy atom. The first kappa shape index (κ1) is 12.5. The normalized spacial score (nSPS) is 11.2. The highest BCUT2D eigenvalue weighted by molar-refractivity contribution is 5.93. The fourth-order valence-electron chi connectivity index (χ4n) is 1.18. The molecule has 0 fully saturated rings. The van der Waals surface area contributed by atoms with Gasteiger partial charge in [0.15, 0.2) is 0 Å². The Morgan fingerprint density at radius 2 is 2.25 bits per heavy atom. The predicted molar refractivity (Wildman–Crippen MR) is 63.8 cm³/mol. The first-order valence-corrected chi connectivity index (χ1v) is 5.37. The summed E-state index contributed by atoms with van der Waals surface area (Å²) in [7, 11) is 0. The Labute approximate surface area is 95.7 Å². The third-order valence-electron chi connectivity index (χ3n) is 2.77. The number of hydrogen-bond donors (Lipinski definition) is 2. The number of nitrogens with zero attached hydrogens (tertiary/aromatic N) is 1. The standard InChI is InChI=1S/C12H18N2O2/c1-4-12(2,3)8-14-10-5-6-13-7-9(10)11(15)16/h5-7H,4,8H2,1-3H3,(H,13,14)(H,15,16). The van der Waals surface area contributed by atoms with E-state index in [1.54, 1.807) is 12.3 Å². The molecule has 0 spiro atoms. The van der Waals surface area contributed by atoms with Gasteiger partial charge in [0.05, 0.1) is 5.69 Å². The zero-order chi connectivity index (χ0) is 12.2. The lowest BCUT2D eigenvalue weighted by Crippen LogP contribution is -2.23. The van der Waals surface area contributed by atoms with E-state index < -0.39 is 5.97 Å². The first-order valence-electron chi connectivity index (χ1n) is 5.37. The van der Waals surface area contributed by atoms with Gasteiger partial charge in [-0.3, -0.25) is 4.98 Å². The SMILES string of the molecule is CCC(C)(C)CNc1ccncc1C(=O)O. The molecule has 4 heteroatoms. The van der Waals surface area contributed by atoms with E-state index >= 15 is 0 Å². The van der Waals surface area contributed by atoms with Crippen LogP contribution >= 0.6 is 0 Å². The van der Waals surface area contributed by atoms with Crippen molar-refractivity contribution in [2.45, 2.75) is 27.2 Å². The van der Waals surface area contributed by atoms with Gasteiger partial charge in [0.1, 0.15) is 5.56 Å². The van der Waals surface area contributed by atoms with E-state index in [1.165, 1.54) is 6.20 Å². The van der Waals surface area contributed by atoms with Gasteiger partial charge in [0, 0.05) is 18.9 Å². The molecule has 1 heterocycles. The van der Waals surface area contributed by atoms with Crippen LogP contribution in [0.1, 0.15) is 37.6 Å². The molecular weight excluding hydrogens is 204 g/mol. The monoisotopic (exact) mass is 222 g/mol. The molecule has 0 saturated carbocycles. The van der Waals surface area contributed by atoms with Gasteiger partial charge in [-0.05, 0) is 17.9 Å². The van der Waals surface area contributed by atoms with E-state index in [2.05, 4.69) is 31.1 Å². The maximum Gasteiger partial charge on any atom is 0.339 e. The van der Waals surface area contributed by atoms with Gasteiger partial charge >= 0.3 is 5.97 Å². The zero-order valence-electron chi connectivity index (χ0n) is 9.95. The lowest BCUT2D eigenvalue weighted by Gasteiger charge is -2.24. The second-order valence-corrected chi connectivity index (χ2v) is 4.60. The molecule has 1 rings (SSSR count). The molecule has 0 aromatic carbocycles. The van der Waals surface area contributed by atoms with Crippen molar-refractivity contribution in [2.24, 2.45) is 5.41 Å². The molecule has 0 aliphatic rings. The average Bonchev–Trinajstić information content (AvgIpc) is 2.27. The van der Waals surface area contributed by atoms with Crippen molar-refractivity contribution in [1.29, 1.82) is 0 Å². The maximum atomic E-state index is 10.9. The van der Waals surface area contributed by atoms with Crippen LogP contribution in [-0.4, -0.2) is 22.6 Å². The number of aromatic nitrogens is 1. The van der Waals surface area contributed by atoms with Crippen molar-refractivity contribution in [1.82, 2.24) is 4.98 Å². The summed E-state index contributed by atoms with van der Waals surface area (Å²) >= 11 is 0. The maximum absolute atomic E-state index is 10.9. The molecule has 4 nitrogen and oxygen atoms in total. The molecule has 0 amide bonds. The van der Waals surface area contributed by atoms with Crippen LogP contribution in [0.3, 0.4) is 0 Å². The van der Waals surface area contributed by atoms with Gasteiger partial charge in [0.2, 0.25) is 0 Å². The topological polar surface area (TPSA) is 62.2 Å². The highest BCUT2D eigenvalue weighted by Crippen LogP contribution is 2.21. The third-order valence-corrected chi connectivity index (χ3v) is 2.77. The highest BCUT2D eigenvalue weighted by atomic mass is 16.4. The number of aromatic carboxylic acids is 1. The minimum Gasteiger partial charge on any atom is -0.478 e. The van der Waals surface area contributed by atoms with Crippen LogP contribution in [0.5, 0.6) is 0 Å². The van der Waals surface area contributed by atoms with Crippen molar-refractivity contribution in [3.8, 4) is 0 Å². The Balaban J connectivity index is 2.78. The summed E-state index contributed by atoms with van der Waals surface area (Å²) in [6.07, 6.45) is 3.99. The Morgan fingerprint density at radius 1 is 1.56 bits per heavy atom. The largest absolute Gasteiger partial charge is 0.478 e. The van der Waals surface area contributed by atoms with Crippen molar-refractivity contribution in [3.63, 3.8) is 0 Å². The molecule has 16 heavy (non-hydrogen) atoms. The lowest BCUT2D eigenvalue weighted by atomic mass is 9.90. The number of carboxylic acid groups (broad SMARTS) is 1. The van der Waals surface area contributed by atoms with Gasteiger partial charge in [-0.15, -0.1) is 0 Å². The van der Waals surface area contributed by atoms with E-state index in [4.69, 9.17) is 5.11 Å². The fourth-order valence-corrected chi connectivity index (χ4v) is 1.18. The van der Waals surface area contributed by atoms with Gasteiger partial charge in [-0.25, -0.2) is 4.79 Å². The lowest BCUT2D eigenvalue weighted by molar-refractivity contribution is 0.0697. The van der Waals surface area contributed by atoms with Gasteiger partial charge < -0.3 is 10.4 Å². The van der Waals surface area contributed by atoms with Gasteiger partial charge in [-0.2, -0.15) is 0 Å². The van der Waals surface area contributed by atoms with Gasteiger partial charge in [0.25, 0.3) is 0 Å². The summed E-state index contributed by atoms with van der Waals surface area (Å²) in [4.78, 5) is 14.7. The second kappa shape index (κ2) is 4.96. The minimum atomic E-state index is -0.954. The summed E-state index contributed by atoms with van der Waals surface area (Å²) in [5, 5.41) is 12.1. The minimum absolute atomic E-state index is 0.152. The van der Waals surface area contributed by atoms with Crippen LogP contribution in [0.4, 0.5) is 5.69 Å². The van der Waals surface area contributed by atoms with E-state index in [9.17, 15) is 4.79 Å². The van der Waals surface area contributed by atoms with Gasteiger partial charge in [-0.1, -0.05) is 20.8 Å². The fraction of sp³-hybridized carbons (Fsp3) is 0.500. The summed E-state index contributed by atoms with van der Waals surface area (Å²) in [6, 6.07) is 1.69. The average molecular weight is 222 g/mol. The number of pyridine rings is 1. The number of hydrogen-bond acceptors (Lipinski definition) is 3. The molecule has 1 aromatic rings. The van der Waals surface area contributed by atoms with Crippen LogP contribution < -0.4 is 5.32 Å². The first-order chi connectivity index (χ1) is 7.46. The van der Waals surface area contributed by atoms with E-state index in [0.29, 0.717) is 5.69 Å². The number of anilines is 1. The molecule has 0 unspecified atom stereocenters. The second-order valence-electron chi connectivity index (χ2n) is 4.60. The molecule has 0 radical (unpaired) electrons. The highest BCUT2D eigenvalue weighted by Gasteiger charge is 2.16. The summed E-state index contributed by atoms with van der Waals surface area (Å²) in [6.45, 7) is 7.14. The van der Waals surface area contributed by atoms with Crippen molar-refractivity contribution in [3.05, 3.63) is 24.0 Å². The zero-order valence-corrected chi connectivity index (χ0v) is 9.95. The number of rotatable bonds is 5. The Hall–Kier alpha value is -1.58. The van der Waals surface area contributed by atoms with Crippen LogP contribution in [0.25, 0.3) is 0 Å². The molecular formula is C12H18N2O2. The number of nitrogens with one attached hydrogen (secondary N) is 1. The van der Waals surface area contributed by atoms with E-state index in [0.717, 1.165) is 13.0 Å². The summed E-state index contributed by atoms with van der Waals surface area (Å²) in [5.74, 6) is -0.954. The molecule has 1 aromatic heterocycles. The molecule has 0 aliphatic heterocycles. The summed E-state index contributed by atoms with van der Waals surface area (Å²) < 4.78 is 0. The van der Waals surface area contributed by atoms with Crippen molar-refractivity contribution in [2.75, 3.05) is 11.9 Å². The number of carboxylic acids is 1. The Bertz CT molecular complexity index is 375. The molecule has 0 bridgehead atoms. The van der Waals surface area contributed by atoms with Crippen LogP contribution in [0, 0.1) is 5.41 Å². The molecule has 2 N–H and O–H groups in total. The molecule has 0 saturated heterocycles. The predicted octanol–water partition coefficient (Wildman–Crippen LogP) is 2.63. The molecule has 88 valence electrons. The Kier molecular flexibility index (Phi) is 3.88. The number of carbonyl (C=O) groups is 1. The quantitative estimate of drug-likeness (QED) is 0.804. The van der Waals surface area contributed by atoms with Crippen molar-refractivity contribution < 1.29 is 9.90 Å². The third kappa shape index (κ3) is 3.22. The van der Waals surface area contributed by atoms with E-state index in [-0.39, 0.29) is 11.0 Å².